The molecule has 0 saturated carbocycles. The highest BCUT2D eigenvalue weighted by atomic mass is 16.4. The van der Waals surface area contributed by atoms with E-state index < -0.39 is 11.9 Å². The van der Waals surface area contributed by atoms with Crippen LogP contribution in [0.3, 0.4) is 0 Å². The molecular weight excluding hydrogens is 198 g/mol. The zero-order chi connectivity index (χ0) is 12.0. The van der Waals surface area contributed by atoms with Crippen LogP contribution in [0, 0.1) is 5.92 Å². The molecule has 2 atom stereocenters. The summed E-state index contributed by atoms with van der Waals surface area (Å²) >= 11 is 0. The third-order valence-electron chi connectivity index (χ3n) is 2.45. The Hall–Kier alpha value is -0.940. The number of aliphatic hydroxyl groups excluding tert-OH is 1. The lowest BCUT2D eigenvalue weighted by atomic mass is 10.1. The average molecular weight is 217 g/mol. The fourth-order valence-corrected chi connectivity index (χ4v) is 1.26. The normalized spacial score (nSPS) is 15.0. The minimum Gasteiger partial charge on any atom is -0.481 e. The van der Waals surface area contributed by atoms with Crippen molar-refractivity contribution >= 4 is 11.8 Å². The Morgan fingerprint density at radius 3 is 2.20 bits per heavy atom. The smallest absolute Gasteiger partial charge is 0.307 e. The van der Waals surface area contributed by atoms with Gasteiger partial charge in [0.2, 0.25) is 0 Å². The maximum Gasteiger partial charge on any atom is 0.307 e. The molecular formula is C10H19NO4. The average Bonchev–Trinajstić information content (AvgIpc) is 2.15. The topological polar surface area (TPSA) is 77.8 Å². The number of carbonyl (C=O) groups is 2. The van der Waals surface area contributed by atoms with E-state index in [1.807, 2.05) is 0 Å². The third-order valence-corrected chi connectivity index (χ3v) is 2.45. The van der Waals surface area contributed by atoms with E-state index in [0.29, 0.717) is 6.54 Å². The number of aliphatic carboxylic acids is 1. The van der Waals surface area contributed by atoms with Gasteiger partial charge in [0.05, 0.1) is 18.6 Å². The van der Waals surface area contributed by atoms with Gasteiger partial charge in [0.25, 0.3) is 0 Å². The number of nitrogens with zero attached hydrogens (tertiary/aromatic N) is 1. The van der Waals surface area contributed by atoms with Crippen LogP contribution in [0.5, 0.6) is 0 Å². The summed E-state index contributed by atoms with van der Waals surface area (Å²) in [5.41, 5.74) is 0. The zero-order valence-corrected chi connectivity index (χ0v) is 9.43. The lowest BCUT2D eigenvalue weighted by Gasteiger charge is -2.27. The molecule has 0 rings (SSSR count). The van der Waals surface area contributed by atoms with Gasteiger partial charge in [0, 0.05) is 13.1 Å². The summed E-state index contributed by atoms with van der Waals surface area (Å²) in [4.78, 5) is 23.5. The Morgan fingerprint density at radius 1 is 1.33 bits per heavy atom. The lowest BCUT2D eigenvalue weighted by Crippen LogP contribution is -2.43. The Labute approximate surface area is 89.7 Å². The predicted molar refractivity (Wildman–Crippen MR) is 55.6 cm³/mol. The van der Waals surface area contributed by atoms with E-state index >= 15 is 0 Å². The fraction of sp³-hybridized carbons (Fsp3) is 0.800. The van der Waals surface area contributed by atoms with Crippen molar-refractivity contribution in [2.24, 2.45) is 5.92 Å². The van der Waals surface area contributed by atoms with Crippen molar-refractivity contribution in [1.82, 2.24) is 4.90 Å². The first-order valence-electron chi connectivity index (χ1n) is 4.98. The standard InChI is InChI=1S/C10H19NO4/c1-7(10(14)15)6-11(4-5-12)8(2)9(3)13/h7-8,12H,4-6H2,1-3H3,(H,14,15). The number of carboxylic acids is 1. The van der Waals surface area contributed by atoms with Crippen LogP contribution in [-0.2, 0) is 9.59 Å². The van der Waals surface area contributed by atoms with E-state index in [2.05, 4.69) is 0 Å². The minimum absolute atomic E-state index is 0.0268. The number of hydrogen-bond acceptors (Lipinski definition) is 4. The van der Waals surface area contributed by atoms with Crippen LogP contribution < -0.4 is 0 Å². The molecule has 0 amide bonds. The molecule has 5 heteroatoms. The summed E-state index contributed by atoms with van der Waals surface area (Å²) in [5, 5.41) is 17.6. The summed E-state index contributed by atoms with van der Waals surface area (Å²) in [6, 6.07) is -0.348. The summed E-state index contributed by atoms with van der Waals surface area (Å²) in [6.45, 7) is 5.27. The number of aliphatic hydroxyl groups is 1. The van der Waals surface area contributed by atoms with Gasteiger partial charge >= 0.3 is 5.97 Å². The monoisotopic (exact) mass is 217 g/mol. The van der Waals surface area contributed by atoms with E-state index in [0.717, 1.165) is 0 Å². The van der Waals surface area contributed by atoms with Gasteiger partial charge in [-0.05, 0) is 13.8 Å². The summed E-state index contributed by atoms with van der Waals surface area (Å²) < 4.78 is 0. The molecule has 0 aliphatic heterocycles. The number of carbonyl (C=O) groups excluding carboxylic acids is 1. The van der Waals surface area contributed by atoms with Crippen molar-refractivity contribution in [1.29, 1.82) is 0 Å². The molecule has 2 unspecified atom stereocenters. The second-order valence-corrected chi connectivity index (χ2v) is 3.74. The molecule has 5 nitrogen and oxygen atoms in total. The maximum absolute atomic E-state index is 11.1. The van der Waals surface area contributed by atoms with Gasteiger partial charge in [0.15, 0.2) is 0 Å². The minimum atomic E-state index is -0.895. The number of Topliss-reactive ketones (excluding diaryl/α,β-unsaturated/α-hetero) is 1. The van der Waals surface area contributed by atoms with E-state index in [4.69, 9.17) is 10.2 Å². The predicted octanol–water partition coefficient (Wildman–Crippen LogP) is -0.0211. The van der Waals surface area contributed by atoms with Crippen molar-refractivity contribution in [3.63, 3.8) is 0 Å². The van der Waals surface area contributed by atoms with Crippen LogP contribution in [0.1, 0.15) is 20.8 Å². The van der Waals surface area contributed by atoms with Gasteiger partial charge < -0.3 is 10.2 Å². The van der Waals surface area contributed by atoms with Crippen molar-refractivity contribution in [2.75, 3.05) is 19.7 Å². The molecule has 0 aromatic heterocycles. The molecule has 15 heavy (non-hydrogen) atoms. The second-order valence-electron chi connectivity index (χ2n) is 3.74. The molecule has 0 aliphatic carbocycles. The SMILES string of the molecule is CC(=O)C(C)N(CCO)CC(C)C(=O)O. The van der Waals surface area contributed by atoms with Crippen molar-refractivity contribution in [3.8, 4) is 0 Å². The van der Waals surface area contributed by atoms with Crippen molar-refractivity contribution < 1.29 is 19.8 Å². The van der Waals surface area contributed by atoms with Crippen LogP contribution in [0.15, 0.2) is 0 Å². The van der Waals surface area contributed by atoms with Crippen LogP contribution in [0.4, 0.5) is 0 Å². The van der Waals surface area contributed by atoms with Gasteiger partial charge in [0.1, 0.15) is 5.78 Å². The molecule has 0 spiro atoms. The Morgan fingerprint density at radius 2 is 1.87 bits per heavy atom. The number of hydrogen-bond donors (Lipinski definition) is 2. The Bertz CT molecular complexity index is 229. The van der Waals surface area contributed by atoms with Crippen molar-refractivity contribution in [3.05, 3.63) is 0 Å². The van der Waals surface area contributed by atoms with Crippen molar-refractivity contribution in [2.45, 2.75) is 26.8 Å². The van der Waals surface area contributed by atoms with E-state index in [9.17, 15) is 9.59 Å². The van der Waals surface area contributed by atoms with E-state index in [-0.39, 0.29) is 25.0 Å². The lowest BCUT2D eigenvalue weighted by molar-refractivity contribution is -0.142. The third kappa shape index (κ3) is 4.90. The quantitative estimate of drug-likeness (QED) is 0.626. The number of carboxylic acid groups (broad SMARTS) is 1. The fourth-order valence-electron chi connectivity index (χ4n) is 1.26. The second kappa shape index (κ2) is 6.53. The summed E-state index contributed by atoms with van der Waals surface area (Å²) in [6.07, 6.45) is 0. The molecule has 0 aromatic carbocycles. The van der Waals surface area contributed by atoms with Crippen LogP contribution in [0.25, 0.3) is 0 Å². The number of rotatable bonds is 7. The zero-order valence-electron chi connectivity index (χ0n) is 9.43. The Balaban J connectivity index is 4.39. The summed E-state index contributed by atoms with van der Waals surface area (Å²) in [5.74, 6) is -1.46. The molecule has 0 aromatic rings. The van der Waals surface area contributed by atoms with Gasteiger partial charge in [-0.2, -0.15) is 0 Å². The first-order valence-corrected chi connectivity index (χ1v) is 4.98. The Kier molecular flexibility index (Phi) is 6.12. The number of ketones is 1. The first kappa shape index (κ1) is 14.1. The molecule has 0 aliphatic rings. The van der Waals surface area contributed by atoms with Gasteiger partial charge in [-0.1, -0.05) is 6.92 Å². The van der Waals surface area contributed by atoms with E-state index in [1.165, 1.54) is 6.92 Å². The molecule has 0 heterocycles. The molecule has 0 saturated heterocycles. The maximum atomic E-state index is 11.1. The highest BCUT2D eigenvalue weighted by Gasteiger charge is 2.22. The molecule has 0 radical (unpaired) electrons. The molecule has 0 fully saturated rings. The van der Waals surface area contributed by atoms with Crippen LogP contribution in [0.2, 0.25) is 0 Å². The highest BCUT2D eigenvalue weighted by molar-refractivity contribution is 5.81. The van der Waals surface area contributed by atoms with Crippen LogP contribution in [-0.4, -0.2) is 52.6 Å². The summed E-state index contributed by atoms with van der Waals surface area (Å²) in [7, 11) is 0. The molecule has 0 bridgehead atoms. The van der Waals surface area contributed by atoms with Crippen LogP contribution >= 0.6 is 0 Å². The largest absolute Gasteiger partial charge is 0.481 e. The van der Waals surface area contributed by atoms with Gasteiger partial charge in [-0.15, -0.1) is 0 Å². The highest BCUT2D eigenvalue weighted by Crippen LogP contribution is 2.05. The van der Waals surface area contributed by atoms with Gasteiger partial charge in [-0.25, -0.2) is 0 Å². The molecule has 88 valence electrons. The van der Waals surface area contributed by atoms with E-state index in [1.54, 1.807) is 18.7 Å². The molecule has 2 N–H and O–H groups in total. The van der Waals surface area contributed by atoms with Gasteiger partial charge in [-0.3, -0.25) is 14.5 Å². The first-order chi connectivity index (χ1) is 6.90.